The van der Waals surface area contributed by atoms with Crippen LogP contribution in [0.5, 0.6) is 0 Å². The standard InChI is InChI=1S/C22H31N3O3S/c1-6-18-11-13-19(14-12-18)21(24(3)4)15-23-22(26)16-25(29(5,27)28)20-10-8-7-9-17(20)2/h7-14,21H,6,15-16H2,1-5H3,(H,23,26). The molecule has 6 nitrogen and oxygen atoms in total. The van der Waals surface area contributed by atoms with Gasteiger partial charge in [-0.2, -0.15) is 0 Å². The van der Waals surface area contributed by atoms with Gasteiger partial charge in [-0.25, -0.2) is 8.42 Å². The van der Waals surface area contributed by atoms with Crippen molar-refractivity contribution >= 4 is 21.6 Å². The van der Waals surface area contributed by atoms with Crippen molar-refractivity contribution in [2.24, 2.45) is 0 Å². The smallest absolute Gasteiger partial charge is 0.240 e. The SMILES string of the molecule is CCc1ccc(C(CNC(=O)CN(c2ccccc2C)S(C)(=O)=O)N(C)C)cc1. The Bertz CT molecular complexity index is 925. The quantitative estimate of drug-likeness (QED) is 0.681. The van der Waals surface area contributed by atoms with Gasteiger partial charge in [-0.15, -0.1) is 0 Å². The van der Waals surface area contributed by atoms with E-state index in [1.807, 2.05) is 38.1 Å². The molecule has 2 rings (SSSR count). The van der Waals surface area contributed by atoms with Gasteiger partial charge < -0.3 is 10.2 Å². The Kier molecular flexibility index (Phi) is 7.81. The fraction of sp³-hybridized carbons (Fsp3) is 0.409. The maximum absolute atomic E-state index is 12.6. The second-order valence-electron chi connectivity index (χ2n) is 7.43. The van der Waals surface area contributed by atoms with Crippen LogP contribution >= 0.6 is 0 Å². The molecule has 1 amide bonds. The number of rotatable bonds is 9. The van der Waals surface area contributed by atoms with Crippen molar-refractivity contribution in [3.63, 3.8) is 0 Å². The van der Waals surface area contributed by atoms with E-state index in [1.54, 1.807) is 12.1 Å². The van der Waals surface area contributed by atoms with Gasteiger partial charge >= 0.3 is 0 Å². The van der Waals surface area contributed by atoms with E-state index in [2.05, 4.69) is 36.5 Å². The zero-order chi connectivity index (χ0) is 21.6. The van der Waals surface area contributed by atoms with E-state index in [4.69, 9.17) is 0 Å². The van der Waals surface area contributed by atoms with Gasteiger partial charge in [0.15, 0.2) is 0 Å². The lowest BCUT2D eigenvalue weighted by Crippen LogP contribution is -2.43. The van der Waals surface area contributed by atoms with Crippen molar-refractivity contribution in [2.75, 3.05) is 37.7 Å². The number of hydrogen-bond donors (Lipinski definition) is 1. The molecule has 0 bridgehead atoms. The molecule has 0 saturated carbocycles. The van der Waals surface area contributed by atoms with Crippen LogP contribution in [0.2, 0.25) is 0 Å². The van der Waals surface area contributed by atoms with Crippen LogP contribution in [-0.2, 0) is 21.2 Å². The molecule has 158 valence electrons. The largest absolute Gasteiger partial charge is 0.353 e. The first-order valence-corrected chi connectivity index (χ1v) is 11.5. The molecule has 0 radical (unpaired) electrons. The molecule has 0 saturated heterocycles. The fourth-order valence-corrected chi connectivity index (χ4v) is 4.11. The van der Waals surface area contributed by atoms with E-state index < -0.39 is 10.0 Å². The van der Waals surface area contributed by atoms with Crippen LogP contribution in [0.4, 0.5) is 5.69 Å². The highest BCUT2D eigenvalue weighted by Crippen LogP contribution is 2.22. The average Bonchev–Trinajstić information content (AvgIpc) is 2.66. The van der Waals surface area contributed by atoms with Crippen LogP contribution in [0.15, 0.2) is 48.5 Å². The topological polar surface area (TPSA) is 69.7 Å². The third-order valence-corrected chi connectivity index (χ3v) is 6.09. The third kappa shape index (κ3) is 6.30. The summed E-state index contributed by atoms with van der Waals surface area (Å²) in [4.78, 5) is 14.6. The second kappa shape index (κ2) is 9.89. The Morgan fingerprint density at radius 3 is 2.21 bits per heavy atom. The predicted molar refractivity (Wildman–Crippen MR) is 119 cm³/mol. The van der Waals surface area contributed by atoms with Crippen molar-refractivity contribution in [1.29, 1.82) is 0 Å². The van der Waals surface area contributed by atoms with Gasteiger partial charge in [0, 0.05) is 6.54 Å². The van der Waals surface area contributed by atoms with Crippen molar-refractivity contribution < 1.29 is 13.2 Å². The van der Waals surface area contributed by atoms with Crippen molar-refractivity contribution in [2.45, 2.75) is 26.3 Å². The number of aryl methyl sites for hydroxylation is 2. The summed E-state index contributed by atoms with van der Waals surface area (Å²) in [6.07, 6.45) is 2.09. The maximum atomic E-state index is 12.6. The number of anilines is 1. The average molecular weight is 418 g/mol. The summed E-state index contributed by atoms with van der Waals surface area (Å²) in [5, 5.41) is 2.90. The lowest BCUT2D eigenvalue weighted by Gasteiger charge is -2.27. The van der Waals surface area contributed by atoms with Gasteiger partial charge in [0.05, 0.1) is 18.0 Å². The van der Waals surface area contributed by atoms with E-state index in [0.29, 0.717) is 12.2 Å². The molecule has 0 aliphatic rings. The van der Waals surface area contributed by atoms with E-state index in [1.165, 1.54) is 5.56 Å². The van der Waals surface area contributed by atoms with Crippen LogP contribution in [0.1, 0.15) is 29.7 Å². The molecular weight excluding hydrogens is 386 g/mol. The Balaban J connectivity index is 2.11. The van der Waals surface area contributed by atoms with Gasteiger partial charge in [-0.05, 0) is 50.2 Å². The summed E-state index contributed by atoms with van der Waals surface area (Å²) < 4.78 is 25.7. The minimum atomic E-state index is -3.59. The summed E-state index contributed by atoms with van der Waals surface area (Å²) in [6.45, 7) is 4.08. The molecule has 0 aliphatic carbocycles. The number of benzene rings is 2. The van der Waals surface area contributed by atoms with E-state index in [0.717, 1.165) is 28.1 Å². The summed E-state index contributed by atoms with van der Waals surface area (Å²) in [5.41, 5.74) is 3.68. The zero-order valence-corrected chi connectivity index (χ0v) is 18.7. The number of amides is 1. The number of para-hydroxylation sites is 1. The number of likely N-dealkylation sites (N-methyl/N-ethyl adjacent to an activating group) is 1. The molecular formula is C22H31N3O3S. The maximum Gasteiger partial charge on any atom is 0.240 e. The normalized spacial score (nSPS) is 12.6. The summed E-state index contributed by atoms with van der Waals surface area (Å²) >= 11 is 0. The molecule has 0 aliphatic heterocycles. The number of hydrogen-bond acceptors (Lipinski definition) is 4. The first-order chi connectivity index (χ1) is 13.6. The molecule has 0 aromatic heterocycles. The summed E-state index contributed by atoms with van der Waals surface area (Å²) in [5.74, 6) is -0.337. The first-order valence-electron chi connectivity index (χ1n) is 9.68. The first kappa shape index (κ1) is 22.9. The third-order valence-electron chi connectivity index (χ3n) is 4.96. The highest BCUT2D eigenvalue weighted by Gasteiger charge is 2.23. The van der Waals surface area contributed by atoms with Gasteiger partial charge in [0.25, 0.3) is 0 Å². The lowest BCUT2D eigenvalue weighted by atomic mass is 10.0. The van der Waals surface area contributed by atoms with Crippen molar-refractivity contribution in [3.8, 4) is 0 Å². The molecule has 0 heterocycles. The molecule has 0 spiro atoms. The zero-order valence-electron chi connectivity index (χ0n) is 17.8. The van der Waals surface area contributed by atoms with E-state index >= 15 is 0 Å². The van der Waals surface area contributed by atoms with Crippen molar-refractivity contribution in [1.82, 2.24) is 10.2 Å². The highest BCUT2D eigenvalue weighted by molar-refractivity contribution is 7.92. The number of carbonyl (C=O) groups is 1. The predicted octanol–water partition coefficient (Wildman–Crippen LogP) is 2.74. The van der Waals surface area contributed by atoms with Gasteiger partial charge in [-0.1, -0.05) is 49.4 Å². The highest BCUT2D eigenvalue weighted by atomic mass is 32.2. The Morgan fingerprint density at radius 2 is 1.69 bits per heavy atom. The van der Waals surface area contributed by atoms with Gasteiger partial charge in [-0.3, -0.25) is 9.10 Å². The lowest BCUT2D eigenvalue weighted by molar-refractivity contribution is -0.119. The molecule has 1 N–H and O–H groups in total. The number of nitrogens with zero attached hydrogens (tertiary/aromatic N) is 2. The van der Waals surface area contributed by atoms with Gasteiger partial charge in [0.2, 0.25) is 15.9 Å². The van der Waals surface area contributed by atoms with Crippen molar-refractivity contribution in [3.05, 3.63) is 65.2 Å². The molecule has 1 unspecified atom stereocenters. The second-order valence-corrected chi connectivity index (χ2v) is 9.34. The Labute approximate surface area is 174 Å². The minimum Gasteiger partial charge on any atom is -0.353 e. The molecule has 0 fully saturated rings. The summed E-state index contributed by atoms with van der Waals surface area (Å²) in [6, 6.07) is 15.5. The van der Waals surface area contributed by atoms with E-state index in [9.17, 15) is 13.2 Å². The monoisotopic (exact) mass is 417 g/mol. The number of carbonyl (C=O) groups excluding carboxylic acids is 1. The number of nitrogens with one attached hydrogen (secondary N) is 1. The Hall–Kier alpha value is -2.38. The van der Waals surface area contributed by atoms with Gasteiger partial charge in [0.1, 0.15) is 6.54 Å². The van der Waals surface area contributed by atoms with Crippen LogP contribution in [0, 0.1) is 6.92 Å². The molecule has 2 aromatic rings. The van der Waals surface area contributed by atoms with E-state index in [-0.39, 0.29) is 18.5 Å². The number of sulfonamides is 1. The van der Waals surface area contributed by atoms with Crippen LogP contribution in [-0.4, -0.2) is 52.7 Å². The summed E-state index contributed by atoms with van der Waals surface area (Å²) in [7, 11) is 0.330. The fourth-order valence-electron chi connectivity index (χ4n) is 3.20. The van der Waals surface area contributed by atoms with Crippen LogP contribution in [0.3, 0.4) is 0 Å². The Morgan fingerprint density at radius 1 is 1.07 bits per heavy atom. The van der Waals surface area contributed by atoms with Crippen LogP contribution in [0.25, 0.3) is 0 Å². The molecule has 2 aromatic carbocycles. The molecule has 29 heavy (non-hydrogen) atoms. The molecule has 7 heteroatoms. The molecule has 1 atom stereocenters. The minimum absolute atomic E-state index is 0.00463. The van der Waals surface area contributed by atoms with Crippen LogP contribution < -0.4 is 9.62 Å².